The lowest BCUT2D eigenvalue weighted by Crippen LogP contribution is -2.34. The maximum Gasteiger partial charge on any atom is 0.277 e. The summed E-state index contributed by atoms with van der Waals surface area (Å²) in [4.78, 5) is 11.7. The normalized spacial score (nSPS) is 12.7. The SMILES string of the molecule is CC(C)CCC(C)NC(=O)CSc1nnc(CN)o1. The number of thioether (sulfide) groups is 1. The summed E-state index contributed by atoms with van der Waals surface area (Å²) in [6.07, 6.45) is 2.10. The van der Waals surface area contributed by atoms with Gasteiger partial charge < -0.3 is 15.5 Å². The molecule has 7 heteroatoms. The fourth-order valence-electron chi connectivity index (χ4n) is 1.48. The van der Waals surface area contributed by atoms with E-state index in [-0.39, 0.29) is 24.2 Å². The van der Waals surface area contributed by atoms with Crippen LogP contribution in [0.3, 0.4) is 0 Å². The topological polar surface area (TPSA) is 94.0 Å². The smallest absolute Gasteiger partial charge is 0.277 e. The van der Waals surface area contributed by atoms with Crippen LogP contribution >= 0.6 is 11.8 Å². The molecular weight excluding hydrogens is 264 g/mol. The molecule has 0 aliphatic heterocycles. The summed E-state index contributed by atoms with van der Waals surface area (Å²) in [5.41, 5.74) is 5.36. The van der Waals surface area contributed by atoms with Crippen molar-refractivity contribution < 1.29 is 9.21 Å². The van der Waals surface area contributed by atoms with Gasteiger partial charge in [0.2, 0.25) is 11.8 Å². The fourth-order valence-corrected chi connectivity index (χ4v) is 2.07. The zero-order chi connectivity index (χ0) is 14.3. The first-order chi connectivity index (χ1) is 9.01. The standard InChI is InChI=1S/C12H22N4O2S/c1-8(2)4-5-9(3)14-10(17)7-19-12-16-15-11(6-13)18-12/h8-9H,4-7,13H2,1-3H3,(H,14,17). The maximum atomic E-state index is 11.7. The van der Waals surface area contributed by atoms with Gasteiger partial charge in [-0.25, -0.2) is 0 Å². The first-order valence-corrected chi connectivity index (χ1v) is 7.44. The monoisotopic (exact) mass is 286 g/mol. The minimum Gasteiger partial charge on any atom is -0.415 e. The molecule has 1 unspecified atom stereocenters. The Labute approximate surface area is 117 Å². The second kappa shape index (κ2) is 8.16. The van der Waals surface area contributed by atoms with E-state index in [0.717, 1.165) is 12.8 Å². The van der Waals surface area contributed by atoms with Crippen molar-refractivity contribution in [1.82, 2.24) is 15.5 Å². The van der Waals surface area contributed by atoms with E-state index >= 15 is 0 Å². The summed E-state index contributed by atoms with van der Waals surface area (Å²) in [6, 6.07) is 0.192. The summed E-state index contributed by atoms with van der Waals surface area (Å²) in [5.74, 6) is 1.29. The molecule has 1 aromatic heterocycles. The van der Waals surface area contributed by atoms with Crippen molar-refractivity contribution in [3.05, 3.63) is 5.89 Å². The summed E-state index contributed by atoms with van der Waals surface area (Å²) in [7, 11) is 0. The lowest BCUT2D eigenvalue weighted by molar-refractivity contribution is -0.119. The average molecular weight is 286 g/mol. The first-order valence-electron chi connectivity index (χ1n) is 6.45. The van der Waals surface area contributed by atoms with Crippen LogP contribution in [-0.4, -0.2) is 27.9 Å². The van der Waals surface area contributed by atoms with Gasteiger partial charge in [-0.3, -0.25) is 4.79 Å². The van der Waals surface area contributed by atoms with Gasteiger partial charge in [0, 0.05) is 6.04 Å². The van der Waals surface area contributed by atoms with Crippen molar-refractivity contribution in [3.63, 3.8) is 0 Å². The average Bonchev–Trinajstić information content (AvgIpc) is 2.82. The van der Waals surface area contributed by atoms with Crippen molar-refractivity contribution in [2.75, 3.05) is 5.75 Å². The largest absolute Gasteiger partial charge is 0.415 e. The van der Waals surface area contributed by atoms with Crippen LogP contribution < -0.4 is 11.1 Å². The van der Waals surface area contributed by atoms with Crippen LogP contribution in [0.15, 0.2) is 9.64 Å². The van der Waals surface area contributed by atoms with Gasteiger partial charge in [0.1, 0.15) is 0 Å². The number of nitrogens with zero attached hydrogens (tertiary/aromatic N) is 2. The molecule has 1 rings (SSSR count). The highest BCUT2D eigenvalue weighted by Gasteiger charge is 2.11. The predicted octanol–water partition coefficient (Wildman–Crippen LogP) is 1.56. The van der Waals surface area contributed by atoms with E-state index in [4.69, 9.17) is 10.2 Å². The molecule has 1 amide bonds. The second-order valence-corrected chi connectivity index (χ2v) is 5.82. The van der Waals surface area contributed by atoms with Gasteiger partial charge in [-0.2, -0.15) is 0 Å². The number of aromatic nitrogens is 2. The van der Waals surface area contributed by atoms with Crippen molar-refractivity contribution >= 4 is 17.7 Å². The number of nitrogens with two attached hydrogens (primary N) is 1. The second-order valence-electron chi connectivity index (χ2n) is 4.89. The molecule has 19 heavy (non-hydrogen) atoms. The number of carbonyl (C=O) groups is 1. The molecule has 3 N–H and O–H groups in total. The highest BCUT2D eigenvalue weighted by atomic mass is 32.2. The lowest BCUT2D eigenvalue weighted by atomic mass is 10.0. The summed E-state index contributed by atoms with van der Waals surface area (Å²) >= 11 is 1.22. The van der Waals surface area contributed by atoms with E-state index in [0.29, 0.717) is 17.0 Å². The molecule has 1 atom stereocenters. The van der Waals surface area contributed by atoms with E-state index in [1.165, 1.54) is 11.8 Å². The third-order valence-electron chi connectivity index (χ3n) is 2.53. The number of amides is 1. The molecule has 0 saturated carbocycles. The summed E-state index contributed by atoms with van der Waals surface area (Å²) < 4.78 is 5.20. The third kappa shape index (κ3) is 6.58. The van der Waals surface area contributed by atoms with Gasteiger partial charge in [0.05, 0.1) is 12.3 Å². The van der Waals surface area contributed by atoms with Crippen LogP contribution in [0.4, 0.5) is 0 Å². The minimum absolute atomic E-state index is 0.0197. The van der Waals surface area contributed by atoms with Crippen molar-refractivity contribution in [3.8, 4) is 0 Å². The molecule has 0 aliphatic rings. The highest BCUT2D eigenvalue weighted by Crippen LogP contribution is 2.15. The van der Waals surface area contributed by atoms with Crippen LogP contribution in [-0.2, 0) is 11.3 Å². The Morgan fingerprint density at radius 1 is 1.37 bits per heavy atom. The number of rotatable bonds is 8. The Morgan fingerprint density at radius 3 is 2.68 bits per heavy atom. The van der Waals surface area contributed by atoms with Gasteiger partial charge in [0.25, 0.3) is 5.22 Å². The Kier molecular flexibility index (Phi) is 6.86. The molecule has 0 aromatic carbocycles. The van der Waals surface area contributed by atoms with E-state index in [1.807, 2.05) is 6.92 Å². The lowest BCUT2D eigenvalue weighted by Gasteiger charge is -2.14. The molecule has 0 bridgehead atoms. The third-order valence-corrected chi connectivity index (χ3v) is 3.35. The van der Waals surface area contributed by atoms with Crippen LogP contribution in [0, 0.1) is 5.92 Å². The molecule has 1 heterocycles. The Bertz CT molecular complexity index is 395. The molecule has 0 radical (unpaired) electrons. The number of hydrogen-bond donors (Lipinski definition) is 2. The number of carbonyl (C=O) groups excluding carboxylic acids is 1. The highest BCUT2D eigenvalue weighted by molar-refractivity contribution is 7.99. The zero-order valence-electron chi connectivity index (χ0n) is 11.7. The molecule has 0 spiro atoms. The molecule has 6 nitrogen and oxygen atoms in total. The van der Waals surface area contributed by atoms with Gasteiger partial charge in [0.15, 0.2) is 0 Å². The van der Waals surface area contributed by atoms with E-state index in [1.54, 1.807) is 0 Å². The summed E-state index contributed by atoms with van der Waals surface area (Å²) in [6.45, 7) is 6.58. The van der Waals surface area contributed by atoms with Gasteiger partial charge in [-0.1, -0.05) is 25.6 Å². The van der Waals surface area contributed by atoms with Crippen LogP contribution in [0.5, 0.6) is 0 Å². The number of hydrogen-bond acceptors (Lipinski definition) is 6. The Hall–Kier alpha value is -1.08. The van der Waals surface area contributed by atoms with Gasteiger partial charge in [-0.15, -0.1) is 10.2 Å². The Morgan fingerprint density at radius 2 is 2.11 bits per heavy atom. The zero-order valence-corrected chi connectivity index (χ0v) is 12.5. The maximum absolute atomic E-state index is 11.7. The number of nitrogens with one attached hydrogen (secondary N) is 1. The molecule has 108 valence electrons. The molecule has 0 fully saturated rings. The van der Waals surface area contributed by atoms with Crippen LogP contribution in [0.1, 0.15) is 39.5 Å². The molecular formula is C12H22N4O2S. The Balaban J connectivity index is 2.23. The fraction of sp³-hybridized carbons (Fsp3) is 0.750. The minimum atomic E-state index is -0.0197. The molecule has 0 saturated heterocycles. The van der Waals surface area contributed by atoms with Crippen molar-refractivity contribution in [2.45, 2.75) is 51.4 Å². The van der Waals surface area contributed by atoms with Gasteiger partial charge >= 0.3 is 0 Å². The van der Waals surface area contributed by atoms with Gasteiger partial charge in [-0.05, 0) is 25.7 Å². The van der Waals surface area contributed by atoms with E-state index < -0.39 is 0 Å². The predicted molar refractivity (Wildman–Crippen MR) is 74.6 cm³/mol. The molecule has 0 aliphatic carbocycles. The molecule has 1 aromatic rings. The first kappa shape index (κ1) is 16.0. The van der Waals surface area contributed by atoms with E-state index in [2.05, 4.69) is 29.4 Å². The quantitative estimate of drug-likeness (QED) is 0.704. The van der Waals surface area contributed by atoms with Crippen LogP contribution in [0.25, 0.3) is 0 Å². The van der Waals surface area contributed by atoms with Crippen molar-refractivity contribution in [1.29, 1.82) is 0 Å². The van der Waals surface area contributed by atoms with E-state index in [9.17, 15) is 4.79 Å². The summed E-state index contributed by atoms with van der Waals surface area (Å²) in [5, 5.41) is 10.8. The van der Waals surface area contributed by atoms with Crippen LogP contribution in [0.2, 0.25) is 0 Å². The van der Waals surface area contributed by atoms with Crippen molar-refractivity contribution in [2.24, 2.45) is 11.7 Å².